The summed E-state index contributed by atoms with van der Waals surface area (Å²) >= 11 is 6.96. The lowest BCUT2D eigenvalue weighted by atomic mass is 9.53. The highest BCUT2D eigenvalue weighted by Gasteiger charge is 2.69. The lowest BCUT2D eigenvalue weighted by Gasteiger charge is -2.49. The van der Waals surface area contributed by atoms with Gasteiger partial charge in [-0.15, -0.1) is 0 Å². The molecule has 60 heavy (non-hydrogen) atoms. The van der Waals surface area contributed by atoms with E-state index >= 15 is 4.79 Å². The number of nitrogens with zero attached hydrogens (tertiary/aromatic N) is 6. The van der Waals surface area contributed by atoms with Crippen LogP contribution in [0.25, 0.3) is 11.0 Å². The van der Waals surface area contributed by atoms with Crippen LogP contribution in [0.1, 0.15) is 40.8 Å². The predicted octanol–water partition coefficient (Wildman–Crippen LogP) is 4.60. The quantitative estimate of drug-likeness (QED) is 0.155. The number of hydrogen-bond acceptors (Lipinski definition) is 10. The molecule has 2 fully saturated rings. The van der Waals surface area contributed by atoms with Crippen LogP contribution in [0.15, 0.2) is 111 Å². The summed E-state index contributed by atoms with van der Waals surface area (Å²) in [6.07, 6.45) is 1.78. The van der Waals surface area contributed by atoms with Gasteiger partial charge < -0.3 is 19.1 Å². The number of nitrogens with one attached hydrogen (secondary N) is 1. The van der Waals surface area contributed by atoms with Gasteiger partial charge in [-0.25, -0.2) is 28.5 Å². The monoisotopic (exact) mass is 829 g/mol. The minimum absolute atomic E-state index is 0.00892. The maximum Gasteiger partial charge on any atom is 0.347 e. The first-order chi connectivity index (χ1) is 28.9. The van der Waals surface area contributed by atoms with Crippen molar-refractivity contribution in [3.05, 3.63) is 155 Å². The van der Waals surface area contributed by atoms with Crippen LogP contribution in [-0.2, 0) is 41.6 Å². The van der Waals surface area contributed by atoms with Crippen molar-refractivity contribution in [3.8, 4) is 17.2 Å². The molecule has 4 heterocycles. The zero-order chi connectivity index (χ0) is 42.2. The van der Waals surface area contributed by atoms with Crippen LogP contribution in [-0.4, -0.2) is 59.6 Å². The number of imide groups is 1. The first kappa shape index (κ1) is 38.6. The number of halogens is 1. The highest BCUT2D eigenvalue weighted by molar-refractivity contribution is 6.31. The van der Waals surface area contributed by atoms with Crippen LogP contribution < -0.4 is 31.8 Å². The molecule has 9 rings (SSSR count). The Bertz CT molecular complexity index is 2970. The summed E-state index contributed by atoms with van der Waals surface area (Å²) in [7, 11) is 4.60. The van der Waals surface area contributed by atoms with E-state index in [0.29, 0.717) is 44.9 Å². The van der Waals surface area contributed by atoms with E-state index in [1.807, 2.05) is 43.3 Å². The van der Waals surface area contributed by atoms with Crippen molar-refractivity contribution in [1.29, 1.82) is 0 Å². The first-order valence-electron chi connectivity index (χ1n) is 19.4. The third-order valence-electron chi connectivity index (χ3n) is 12.3. The average molecular weight is 830 g/mol. The van der Waals surface area contributed by atoms with Gasteiger partial charge in [0.05, 0.1) is 54.9 Å². The number of aryl methyl sites for hydroxylation is 3. The number of hydrogen-bond donors (Lipinski definition) is 2. The number of phenols is 1. The molecule has 2 aliphatic heterocycles. The second-order valence-corrected chi connectivity index (χ2v) is 15.8. The van der Waals surface area contributed by atoms with Crippen LogP contribution in [0.2, 0.25) is 5.02 Å². The molecule has 1 aliphatic carbocycles. The minimum Gasteiger partial charge on any atom is -0.508 e. The Kier molecular flexibility index (Phi) is 9.30. The topological polar surface area (TPSA) is 172 Å². The molecular formula is C44H40ClN7O8. The summed E-state index contributed by atoms with van der Waals surface area (Å²) in [6, 6.07) is 23.3. The van der Waals surface area contributed by atoms with Crippen LogP contribution in [0, 0.1) is 12.8 Å². The number of allylic oxidation sites excluding steroid dienone is 2. The molecule has 4 aromatic carbocycles. The molecule has 1 saturated heterocycles. The number of methoxy groups -OCH3 is 2. The van der Waals surface area contributed by atoms with Crippen LogP contribution >= 0.6 is 11.6 Å². The number of phenolic OH excluding ortho intramolecular Hbond substituents is 1. The molecule has 0 bridgehead atoms. The van der Waals surface area contributed by atoms with E-state index < -0.39 is 52.0 Å². The largest absolute Gasteiger partial charge is 0.508 e. The molecule has 306 valence electrons. The highest BCUT2D eigenvalue weighted by Crippen LogP contribution is 2.62. The molecule has 2 aromatic heterocycles. The number of benzene rings is 4. The third kappa shape index (κ3) is 5.70. The average Bonchev–Trinajstić information content (AvgIpc) is 3.62. The predicted molar refractivity (Wildman–Crippen MR) is 223 cm³/mol. The smallest absolute Gasteiger partial charge is 0.347 e. The Morgan fingerprint density at radius 1 is 0.917 bits per heavy atom. The molecular weight excluding hydrogens is 790 g/mol. The van der Waals surface area contributed by atoms with Crippen molar-refractivity contribution in [3.63, 3.8) is 0 Å². The third-order valence-corrected chi connectivity index (χ3v) is 12.6. The maximum absolute atomic E-state index is 15.3. The fourth-order valence-corrected chi connectivity index (χ4v) is 9.72. The van der Waals surface area contributed by atoms with Gasteiger partial charge in [-0.3, -0.25) is 19.8 Å². The summed E-state index contributed by atoms with van der Waals surface area (Å²) in [6.45, 7) is 1.74. The summed E-state index contributed by atoms with van der Waals surface area (Å²) in [4.78, 5) is 77.1. The molecule has 6 aromatic rings. The van der Waals surface area contributed by atoms with Gasteiger partial charge in [-0.1, -0.05) is 71.8 Å². The number of fused-ring (bicyclic) bond motifs is 5. The van der Waals surface area contributed by atoms with Crippen molar-refractivity contribution < 1.29 is 24.2 Å². The van der Waals surface area contributed by atoms with Gasteiger partial charge in [0, 0.05) is 43.1 Å². The number of anilines is 1. The fourth-order valence-electron chi connectivity index (χ4n) is 9.43. The van der Waals surface area contributed by atoms with E-state index in [4.69, 9.17) is 21.1 Å². The van der Waals surface area contributed by atoms with Gasteiger partial charge in [-0.05, 0) is 54.3 Å². The Morgan fingerprint density at radius 3 is 2.33 bits per heavy atom. The maximum atomic E-state index is 15.3. The second-order valence-electron chi connectivity index (χ2n) is 15.4. The SMILES string of the molecule is COc1cc2nc(CCn3c(=O)n4n(c3=O)[C@@H]3C[C@H]5C(=O)N(Nc6ccc(C)cc6)C(=O)[C@@]5(c5ccccc5)[C@@H](c5ccc(O)cc5Cl)C3=CC4)c(=O)n(C)c2cc1OC. The molecule has 16 heteroatoms. The van der Waals surface area contributed by atoms with Gasteiger partial charge >= 0.3 is 11.4 Å². The Morgan fingerprint density at radius 2 is 1.63 bits per heavy atom. The van der Waals surface area contributed by atoms with Gasteiger partial charge in [0.2, 0.25) is 0 Å². The van der Waals surface area contributed by atoms with E-state index in [1.54, 1.807) is 49.5 Å². The van der Waals surface area contributed by atoms with Crippen LogP contribution in [0.3, 0.4) is 0 Å². The van der Waals surface area contributed by atoms with Gasteiger partial charge in [0.1, 0.15) is 11.4 Å². The number of hydrazine groups is 1. The van der Waals surface area contributed by atoms with Crippen molar-refractivity contribution in [1.82, 2.24) is 28.5 Å². The summed E-state index contributed by atoms with van der Waals surface area (Å²) in [5, 5.41) is 11.7. The van der Waals surface area contributed by atoms with E-state index in [-0.39, 0.29) is 42.4 Å². The van der Waals surface area contributed by atoms with Crippen LogP contribution in [0.5, 0.6) is 17.2 Å². The molecule has 0 unspecified atom stereocenters. The van der Waals surface area contributed by atoms with Gasteiger partial charge in [-0.2, -0.15) is 5.01 Å². The lowest BCUT2D eigenvalue weighted by Crippen LogP contribution is -2.53. The van der Waals surface area contributed by atoms with Crippen molar-refractivity contribution >= 4 is 40.1 Å². The van der Waals surface area contributed by atoms with Gasteiger partial charge in [0.15, 0.2) is 11.5 Å². The van der Waals surface area contributed by atoms with Crippen LogP contribution in [0.4, 0.5) is 5.69 Å². The molecule has 0 spiro atoms. The summed E-state index contributed by atoms with van der Waals surface area (Å²) < 4.78 is 16.1. The molecule has 1 saturated carbocycles. The summed E-state index contributed by atoms with van der Waals surface area (Å²) in [5.74, 6) is -2.22. The first-order valence-corrected chi connectivity index (χ1v) is 19.8. The number of ether oxygens (including phenoxy) is 2. The number of amides is 2. The zero-order valence-corrected chi connectivity index (χ0v) is 33.8. The number of carbonyl (C=O) groups excluding carboxylic acids is 2. The van der Waals surface area contributed by atoms with Crippen molar-refractivity contribution in [2.24, 2.45) is 13.0 Å². The summed E-state index contributed by atoms with van der Waals surface area (Å²) in [5.41, 5.74) is 4.16. The molecule has 15 nitrogen and oxygen atoms in total. The molecule has 2 N–H and O–H groups in total. The fraction of sp³-hybridized carbons (Fsp3) is 0.273. The molecule has 0 radical (unpaired) electrons. The van der Waals surface area contributed by atoms with Crippen molar-refractivity contribution in [2.75, 3.05) is 19.6 Å². The zero-order valence-electron chi connectivity index (χ0n) is 33.1. The van der Waals surface area contributed by atoms with E-state index in [1.165, 1.54) is 40.3 Å². The standard InChI is InChI=1S/C44H40ClN7O8/c1-24-10-12-26(13-11-24)47-51-39(54)30-21-34-29(38(28-15-14-27(53)20-31(28)45)44(30,41(51)56)25-8-6-5-7-9-25)16-19-50-42(57)49(43(58)52(34)50)18-17-32-40(55)48(2)35-23-37(60-4)36(59-3)22-33(35)46-32/h5-16,20,22-23,30,34,38,47,53H,17-19,21H2,1-4H3/t30-,34+,38-,44+/m0/s1. The number of aromatic nitrogens is 5. The number of carbonyl (C=O) groups is 2. The number of aromatic hydroxyl groups is 1. The van der Waals surface area contributed by atoms with E-state index in [2.05, 4.69) is 10.4 Å². The number of rotatable bonds is 9. The van der Waals surface area contributed by atoms with Gasteiger partial charge in [0.25, 0.3) is 17.4 Å². The normalized spacial score (nSPS) is 20.7. The molecule has 2 amide bonds. The Balaban J connectivity index is 1.16. The van der Waals surface area contributed by atoms with E-state index in [9.17, 15) is 24.3 Å². The lowest BCUT2D eigenvalue weighted by molar-refractivity contribution is -0.138. The van der Waals surface area contributed by atoms with Crippen molar-refractivity contribution in [2.45, 2.75) is 50.2 Å². The Hall–Kier alpha value is -6.87. The minimum atomic E-state index is -1.55. The molecule has 3 aliphatic rings. The second kappa shape index (κ2) is 14.4. The highest BCUT2D eigenvalue weighted by atomic mass is 35.5. The van der Waals surface area contributed by atoms with E-state index in [0.717, 1.165) is 15.1 Å². The molecule has 4 atom stereocenters. The Labute approximate surface area is 347 Å².